The summed E-state index contributed by atoms with van der Waals surface area (Å²) in [5, 5.41) is 3.32. The largest absolute Gasteiger partial charge is 0.368 e. The molecule has 0 aromatic heterocycles. The third-order valence-electron chi connectivity index (χ3n) is 5.75. The predicted octanol–water partition coefficient (Wildman–Crippen LogP) is 3.39. The van der Waals surface area contributed by atoms with Gasteiger partial charge in [-0.05, 0) is 50.1 Å². The highest BCUT2D eigenvalue weighted by Gasteiger charge is 2.23. The Morgan fingerprint density at radius 2 is 1.84 bits per heavy atom. The van der Waals surface area contributed by atoms with Gasteiger partial charge in [-0.15, -0.1) is 0 Å². The molecule has 1 aliphatic heterocycles. The average molecular weight is 459 g/mol. The Balaban J connectivity index is 1.95. The van der Waals surface area contributed by atoms with E-state index in [9.17, 15) is 13.2 Å². The molecular weight excluding hydrogens is 424 g/mol. The summed E-state index contributed by atoms with van der Waals surface area (Å²) < 4.78 is 28.8. The Morgan fingerprint density at radius 3 is 2.50 bits per heavy atom. The van der Waals surface area contributed by atoms with E-state index in [1.165, 1.54) is 0 Å². The molecule has 1 aliphatic rings. The molecule has 1 saturated heterocycles. The first-order valence-corrected chi connectivity index (χ1v) is 12.7. The maximum absolute atomic E-state index is 13.3. The zero-order valence-corrected chi connectivity index (χ0v) is 20.3. The number of aryl methyl sites for hydroxylation is 2. The van der Waals surface area contributed by atoms with Gasteiger partial charge in [0.05, 0.1) is 10.5 Å². The van der Waals surface area contributed by atoms with E-state index in [1.807, 2.05) is 19.1 Å². The van der Waals surface area contributed by atoms with Crippen molar-refractivity contribution in [1.82, 2.24) is 10.2 Å². The number of nitrogens with one attached hydrogen (secondary N) is 2. The van der Waals surface area contributed by atoms with Crippen LogP contribution in [0.15, 0.2) is 41.3 Å². The lowest BCUT2D eigenvalue weighted by atomic mass is 10.1. The fourth-order valence-electron chi connectivity index (χ4n) is 3.97. The number of rotatable bonds is 8. The number of hydrogen-bond donors (Lipinski definition) is 2. The molecule has 32 heavy (non-hydrogen) atoms. The zero-order chi connectivity index (χ0) is 23.3. The van der Waals surface area contributed by atoms with Gasteiger partial charge in [0, 0.05) is 51.1 Å². The minimum absolute atomic E-state index is 0.0976. The third-order valence-corrected chi connectivity index (χ3v) is 7.29. The first-order chi connectivity index (χ1) is 15.2. The quantitative estimate of drug-likeness (QED) is 0.634. The van der Waals surface area contributed by atoms with Crippen molar-refractivity contribution in [3.05, 3.63) is 53.1 Å². The Hall–Kier alpha value is -2.58. The van der Waals surface area contributed by atoms with Gasteiger partial charge >= 0.3 is 0 Å². The SMILES string of the molecule is CCCCN(C)C(=O)c1cc(NS(=O)(=O)c2ccc(C)cc2C)ccc1N1CCNCC1. The van der Waals surface area contributed by atoms with Crippen LogP contribution in [0.4, 0.5) is 11.4 Å². The second kappa shape index (κ2) is 10.4. The molecule has 0 saturated carbocycles. The van der Waals surface area contributed by atoms with E-state index in [0.717, 1.165) is 50.3 Å². The van der Waals surface area contributed by atoms with Crippen molar-refractivity contribution in [2.45, 2.75) is 38.5 Å². The second-order valence-corrected chi connectivity index (χ2v) is 10.1. The van der Waals surface area contributed by atoms with Crippen LogP contribution in [-0.4, -0.2) is 59.0 Å². The second-order valence-electron chi connectivity index (χ2n) is 8.42. The minimum atomic E-state index is -3.77. The number of nitrogens with zero attached hydrogens (tertiary/aromatic N) is 2. The molecule has 1 fully saturated rings. The number of carbonyl (C=O) groups excluding carboxylic acids is 1. The average Bonchev–Trinajstić information content (AvgIpc) is 2.77. The molecule has 2 N–H and O–H groups in total. The lowest BCUT2D eigenvalue weighted by Gasteiger charge is -2.32. The van der Waals surface area contributed by atoms with Gasteiger partial charge in [0.15, 0.2) is 0 Å². The van der Waals surface area contributed by atoms with Gasteiger partial charge in [-0.1, -0.05) is 31.0 Å². The third kappa shape index (κ3) is 5.61. The van der Waals surface area contributed by atoms with Crippen LogP contribution in [0.1, 0.15) is 41.3 Å². The van der Waals surface area contributed by atoms with Gasteiger partial charge in [-0.25, -0.2) is 8.42 Å². The molecule has 7 nitrogen and oxygen atoms in total. The molecule has 0 spiro atoms. The van der Waals surface area contributed by atoms with Crippen LogP contribution in [0, 0.1) is 13.8 Å². The van der Waals surface area contributed by atoms with E-state index in [1.54, 1.807) is 43.1 Å². The van der Waals surface area contributed by atoms with Gasteiger partial charge in [-0.3, -0.25) is 9.52 Å². The van der Waals surface area contributed by atoms with Crippen molar-refractivity contribution < 1.29 is 13.2 Å². The van der Waals surface area contributed by atoms with Crippen molar-refractivity contribution in [3.63, 3.8) is 0 Å². The van der Waals surface area contributed by atoms with Crippen LogP contribution in [0.25, 0.3) is 0 Å². The van der Waals surface area contributed by atoms with Crippen LogP contribution in [0.2, 0.25) is 0 Å². The highest BCUT2D eigenvalue weighted by molar-refractivity contribution is 7.92. The monoisotopic (exact) mass is 458 g/mol. The maximum atomic E-state index is 13.3. The molecular formula is C24H34N4O3S. The summed E-state index contributed by atoms with van der Waals surface area (Å²) in [7, 11) is -1.98. The molecule has 2 aromatic rings. The van der Waals surface area contributed by atoms with Crippen molar-refractivity contribution in [3.8, 4) is 0 Å². The van der Waals surface area contributed by atoms with Gasteiger partial charge in [0.25, 0.3) is 15.9 Å². The van der Waals surface area contributed by atoms with E-state index < -0.39 is 10.0 Å². The summed E-state index contributed by atoms with van der Waals surface area (Å²) in [6.45, 7) is 9.76. The summed E-state index contributed by atoms with van der Waals surface area (Å²) >= 11 is 0. The Kier molecular flexibility index (Phi) is 7.79. The van der Waals surface area contributed by atoms with E-state index >= 15 is 0 Å². The number of carbonyl (C=O) groups is 1. The van der Waals surface area contributed by atoms with Gasteiger partial charge in [0.1, 0.15) is 0 Å². The fraction of sp³-hybridized carbons (Fsp3) is 0.458. The lowest BCUT2D eigenvalue weighted by Crippen LogP contribution is -2.44. The molecule has 0 aliphatic carbocycles. The molecule has 1 heterocycles. The van der Waals surface area contributed by atoms with Gasteiger partial charge in [0.2, 0.25) is 0 Å². The highest BCUT2D eigenvalue weighted by Crippen LogP contribution is 2.28. The molecule has 0 bridgehead atoms. The number of benzene rings is 2. The van der Waals surface area contributed by atoms with Gasteiger partial charge < -0.3 is 15.1 Å². The number of sulfonamides is 1. The standard InChI is InChI=1S/C24H34N4O3S/c1-5-6-13-27(4)24(29)21-17-20(8-9-22(21)28-14-11-25-12-15-28)26-32(30,31)23-10-7-18(2)16-19(23)3/h7-10,16-17,25-26H,5-6,11-15H2,1-4H3. The maximum Gasteiger partial charge on any atom is 0.262 e. The number of amides is 1. The van der Waals surface area contributed by atoms with Crippen LogP contribution in [0.5, 0.6) is 0 Å². The molecule has 3 rings (SSSR count). The topological polar surface area (TPSA) is 81.8 Å². The molecule has 1 amide bonds. The van der Waals surface area contributed by atoms with Crippen LogP contribution in [-0.2, 0) is 10.0 Å². The molecule has 8 heteroatoms. The first-order valence-electron chi connectivity index (χ1n) is 11.2. The zero-order valence-electron chi connectivity index (χ0n) is 19.4. The fourth-order valence-corrected chi connectivity index (χ4v) is 5.24. The van der Waals surface area contributed by atoms with Crippen molar-refractivity contribution in [2.24, 2.45) is 0 Å². The highest BCUT2D eigenvalue weighted by atomic mass is 32.2. The summed E-state index contributed by atoms with van der Waals surface area (Å²) in [5.74, 6) is -0.0976. The van der Waals surface area contributed by atoms with E-state index in [0.29, 0.717) is 23.4 Å². The van der Waals surface area contributed by atoms with Crippen molar-refractivity contribution in [2.75, 3.05) is 49.4 Å². The molecule has 0 unspecified atom stereocenters. The normalized spacial score (nSPS) is 14.3. The summed E-state index contributed by atoms with van der Waals surface area (Å²) in [6, 6.07) is 10.5. The number of unbranched alkanes of at least 4 members (excludes halogenated alkanes) is 1. The Labute approximate surface area is 191 Å². The Bertz CT molecular complexity index is 1060. The summed E-state index contributed by atoms with van der Waals surface area (Å²) in [5.41, 5.74) is 3.44. The van der Waals surface area contributed by atoms with E-state index in [2.05, 4.69) is 21.9 Å². The first kappa shape index (κ1) is 24.1. The molecule has 0 radical (unpaired) electrons. The Morgan fingerprint density at radius 1 is 1.12 bits per heavy atom. The van der Waals surface area contributed by atoms with Gasteiger partial charge in [-0.2, -0.15) is 0 Å². The minimum Gasteiger partial charge on any atom is -0.368 e. The number of piperazine rings is 1. The van der Waals surface area contributed by atoms with Crippen LogP contribution in [0.3, 0.4) is 0 Å². The smallest absolute Gasteiger partial charge is 0.262 e. The number of anilines is 2. The van der Waals surface area contributed by atoms with Crippen LogP contribution < -0.4 is 14.9 Å². The predicted molar refractivity (Wildman–Crippen MR) is 130 cm³/mol. The number of hydrogen-bond acceptors (Lipinski definition) is 5. The van der Waals surface area contributed by atoms with Crippen molar-refractivity contribution in [1.29, 1.82) is 0 Å². The van der Waals surface area contributed by atoms with Crippen molar-refractivity contribution >= 4 is 27.3 Å². The van der Waals surface area contributed by atoms with E-state index in [-0.39, 0.29) is 10.8 Å². The summed E-state index contributed by atoms with van der Waals surface area (Å²) in [6.07, 6.45) is 1.92. The lowest BCUT2D eigenvalue weighted by molar-refractivity contribution is 0.0794. The summed E-state index contributed by atoms with van der Waals surface area (Å²) in [4.78, 5) is 17.4. The molecule has 2 aromatic carbocycles. The van der Waals surface area contributed by atoms with Crippen LogP contribution >= 0.6 is 0 Å². The van der Waals surface area contributed by atoms with E-state index in [4.69, 9.17) is 0 Å². The molecule has 0 atom stereocenters. The molecule has 174 valence electrons.